The molecule has 0 aliphatic carbocycles. The number of hydrogen-bond donors (Lipinski definition) is 1. The number of nitrogens with one attached hydrogen (secondary N) is 1. The molecule has 106 valence electrons. The molecule has 0 fully saturated rings. The summed E-state index contributed by atoms with van der Waals surface area (Å²) >= 11 is 5.82. The van der Waals surface area contributed by atoms with Crippen LogP contribution in [0.1, 0.15) is 19.4 Å². The summed E-state index contributed by atoms with van der Waals surface area (Å²) in [6.07, 6.45) is 1.55. The molecule has 0 aliphatic rings. The van der Waals surface area contributed by atoms with Crippen LogP contribution in [-0.2, 0) is 6.54 Å². The Morgan fingerprint density at radius 2 is 2.15 bits per heavy atom. The fourth-order valence-electron chi connectivity index (χ4n) is 1.79. The molecule has 0 amide bonds. The molecule has 0 saturated heterocycles. The molecule has 2 rings (SSSR count). The summed E-state index contributed by atoms with van der Waals surface area (Å²) in [5, 5.41) is 7.54. The monoisotopic (exact) mass is 295 g/mol. The molecule has 0 atom stereocenters. The van der Waals surface area contributed by atoms with Gasteiger partial charge in [-0.25, -0.2) is 9.07 Å². The topological polar surface area (TPSA) is 46.9 Å². The third-order valence-corrected chi connectivity index (χ3v) is 2.89. The highest BCUT2D eigenvalue weighted by Crippen LogP contribution is 2.15. The molecule has 1 aromatic carbocycles. The molecule has 0 aliphatic heterocycles. The van der Waals surface area contributed by atoms with Crippen LogP contribution in [0.4, 0.5) is 10.1 Å². The zero-order chi connectivity index (χ0) is 14.7. The van der Waals surface area contributed by atoms with E-state index in [4.69, 9.17) is 11.6 Å². The lowest BCUT2D eigenvalue weighted by Gasteiger charge is -2.11. The Kier molecular flexibility index (Phi) is 4.39. The first kappa shape index (κ1) is 14.5. The third kappa shape index (κ3) is 3.57. The highest BCUT2D eigenvalue weighted by Gasteiger charge is 2.07. The summed E-state index contributed by atoms with van der Waals surface area (Å²) in [6.45, 7) is 3.98. The van der Waals surface area contributed by atoms with Crippen molar-refractivity contribution < 1.29 is 4.39 Å². The predicted molar refractivity (Wildman–Crippen MR) is 77.8 cm³/mol. The van der Waals surface area contributed by atoms with Crippen molar-refractivity contribution in [3.05, 3.63) is 57.2 Å². The number of halogens is 2. The number of hydrogen-bond acceptors (Lipinski definition) is 3. The molecule has 6 heteroatoms. The summed E-state index contributed by atoms with van der Waals surface area (Å²) in [6, 6.07) is 5.88. The molecule has 4 nitrogen and oxygen atoms in total. The molecule has 0 saturated carbocycles. The Balaban J connectivity index is 2.26. The fourth-order valence-corrected chi connectivity index (χ4v) is 1.99. The molecular weight excluding hydrogens is 281 g/mol. The number of nitrogens with zero attached hydrogens (tertiary/aromatic N) is 2. The van der Waals surface area contributed by atoms with Gasteiger partial charge in [0, 0.05) is 22.7 Å². The Bertz CT molecular complexity index is 670. The van der Waals surface area contributed by atoms with Crippen molar-refractivity contribution in [2.45, 2.75) is 26.4 Å². The lowest BCUT2D eigenvalue weighted by molar-refractivity contribution is 0.572. The normalized spacial score (nSPS) is 10.8. The minimum atomic E-state index is -0.410. The van der Waals surface area contributed by atoms with E-state index in [1.807, 2.05) is 13.8 Å². The highest BCUT2D eigenvalue weighted by molar-refractivity contribution is 6.30. The van der Waals surface area contributed by atoms with Gasteiger partial charge in [-0.3, -0.25) is 4.79 Å². The van der Waals surface area contributed by atoms with Crippen LogP contribution in [0.25, 0.3) is 0 Å². The molecule has 1 heterocycles. The maximum atomic E-state index is 13.6. The standard InChI is InChI=1S/C14H15ClFN3O/c1-9(2)18-12-6-14(20)19(17-7-12)8-10-5-11(15)3-4-13(10)16/h3-7,9,18H,8H2,1-2H3. The van der Waals surface area contributed by atoms with Gasteiger partial charge in [-0.2, -0.15) is 5.10 Å². The van der Waals surface area contributed by atoms with Crippen LogP contribution in [0.5, 0.6) is 0 Å². The molecule has 2 aromatic rings. The van der Waals surface area contributed by atoms with E-state index >= 15 is 0 Å². The lowest BCUT2D eigenvalue weighted by Crippen LogP contribution is -2.24. The van der Waals surface area contributed by atoms with Crippen LogP contribution >= 0.6 is 11.6 Å². The van der Waals surface area contributed by atoms with Gasteiger partial charge in [0.1, 0.15) is 5.82 Å². The molecule has 0 unspecified atom stereocenters. The average molecular weight is 296 g/mol. The van der Waals surface area contributed by atoms with Crippen LogP contribution < -0.4 is 10.9 Å². The molecule has 0 radical (unpaired) electrons. The van der Waals surface area contributed by atoms with E-state index in [0.29, 0.717) is 16.3 Å². The SMILES string of the molecule is CC(C)Nc1cnn(Cc2cc(Cl)ccc2F)c(=O)c1. The minimum Gasteiger partial charge on any atom is -0.381 e. The molecule has 1 aromatic heterocycles. The third-order valence-electron chi connectivity index (χ3n) is 2.65. The highest BCUT2D eigenvalue weighted by atomic mass is 35.5. The van der Waals surface area contributed by atoms with Crippen molar-refractivity contribution in [3.8, 4) is 0 Å². The molecule has 0 spiro atoms. The van der Waals surface area contributed by atoms with Gasteiger partial charge in [-0.1, -0.05) is 11.6 Å². The second-order valence-electron chi connectivity index (χ2n) is 4.77. The molecular formula is C14H15ClFN3O. The van der Waals surface area contributed by atoms with Gasteiger partial charge in [-0.15, -0.1) is 0 Å². The number of rotatable bonds is 4. The summed E-state index contributed by atoms with van der Waals surface area (Å²) in [4.78, 5) is 11.9. The van der Waals surface area contributed by atoms with Crippen molar-refractivity contribution in [2.24, 2.45) is 0 Å². The molecule has 1 N–H and O–H groups in total. The van der Waals surface area contributed by atoms with Crippen molar-refractivity contribution in [1.29, 1.82) is 0 Å². The van der Waals surface area contributed by atoms with E-state index in [1.54, 1.807) is 6.20 Å². The summed E-state index contributed by atoms with van der Waals surface area (Å²) in [5.74, 6) is -0.410. The van der Waals surface area contributed by atoms with Crippen LogP contribution in [-0.4, -0.2) is 15.8 Å². The zero-order valence-electron chi connectivity index (χ0n) is 11.2. The van der Waals surface area contributed by atoms with Gasteiger partial charge in [0.05, 0.1) is 18.4 Å². The van der Waals surface area contributed by atoms with Crippen molar-refractivity contribution >= 4 is 17.3 Å². The van der Waals surface area contributed by atoms with Crippen LogP contribution in [0, 0.1) is 5.82 Å². The Morgan fingerprint density at radius 1 is 1.40 bits per heavy atom. The van der Waals surface area contributed by atoms with Crippen LogP contribution in [0.3, 0.4) is 0 Å². The Hall–Kier alpha value is -1.88. The first-order valence-electron chi connectivity index (χ1n) is 6.23. The van der Waals surface area contributed by atoms with Crippen molar-refractivity contribution in [3.63, 3.8) is 0 Å². The van der Waals surface area contributed by atoms with Gasteiger partial charge in [-0.05, 0) is 32.0 Å². The fraction of sp³-hybridized carbons (Fsp3) is 0.286. The number of anilines is 1. The molecule has 0 bridgehead atoms. The van der Waals surface area contributed by atoms with E-state index in [0.717, 1.165) is 0 Å². The number of aromatic nitrogens is 2. The van der Waals surface area contributed by atoms with Gasteiger partial charge < -0.3 is 5.32 Å². The van der Waals surface area contributed by atoms with Gasteiger partial charge in [0.2, 0.25) is 0 Å². The van der Waals surface area contributed by atoms with Gasteiger partial charge in [0.15, 0.2) is 0 Å². The molecule has 20 heavy (non-hydrogen) atoms. The van der Waals surface area contributed by atoms with Crippen molar-refractivity contribution in [2.75, 3.05) is 5.32 Å². The van der Waals surface area contributed by atoms with E-state index in [-0.39, 0.29) is 18.1 Å². The second kappa shape index (κ2) is 6.05. The lowest BCUT2D eigenvalue weighted by atomic mass is 10.2. The quantitative estimate of drug-likeness (QED) is 0.943. The summed E-state index contributed by atoms with van der Waals surface area (Å²) in [5.41, 5.74) is 0.680. The average Bonchev–Trinajstić information content (AvgIpc) is 2.36. The van der Waals surface area contributed by atoms with E-state index in [2.05, 4.69) is 10.4 Å². The van der Waals surface area contributed by atoms with Gasteiger partial charge >= 0.3 is 0 Å². The predicted octanol–water partition coefficient (Wildman–Crippen LogP) is 2.90. The summed E-state index contributed by atoms with van der Waals surface area (Å²) < 4.78 is 14.8. The number of benzene rings is 1. The van der Waals surface area contributed by atoms with E-state index < -0.39 is 5.82 Å². The smallest absolute Gasteiger partial charge is 0.269 e. The Morgan fingerprint density at radius 3 is 2.80 bits per heavy atom. The zero-order valence-corrected chi connectivity index (χ0v) is 12.0. The first-order chi connectivity index (χ1) is 9.45. The van der Waals surface area contributed by atoms with E-state index in [9.17, 15) is 9.18 Å². The van der Waals surface area contributed by atoms with E-state index in [1.165, 1.54) is 28.9 Å². The maximum absolute atomic E-state index is 13.6. The second-order valence-corrected chi connectivity index (χ2v) is 5.21. The van der Waals surface area contributed by atoms with Gasteiger partial charge in [0.25, 0.3) is 5.56 Å². The van der Waals surface area contributed by atoms with Crippen molar-refractivity contribution in [1.82, 2.24) is 9.78 Å². The first-order valence-corrected chi connectivity index (χ1v) is 6.61. The summed E-state index contributed by atoms with van der Waals surface area (Å²) in [7, 11) is 0. The maximum Gasteiger partial charge on any atom is 0.269 e. The van der Waals surface area contributed by atoms with Crippen LogP contribution in [0.15, 0.2) is 35.3 Å². The minimum absolute atomic E-state index is 0.0488. The van der Waals surface area contributed by atoms with Crippen LogP contribution in [0.2, 0.25) is 5.02 Å². The largest absolute Gasteiger partial charge is 0.381 e. The Labute approximate surface area is 121 Å².